The van der Waals surface area contributed by atoms with Crippen LogP contribution in [0.2, 0.25) is 0 Å². The lowest BCUT2D eigenvalue weighted by Crippen LogP contribution is -2.68. The van der Waals surface area contributed by atoms with Crippen molar-refractivity contribution in [1.29, 1.82) is 0 Å². The number of nitrogens with one attached hydrogen (secondary N) is 1. The first-order valence-electron chi connectivity index (χ1n) is 11.5. The summed E-state index contributed by atoms with van der Waals surface area (Å²) in [6.07, 6.45) is 0.0318. The van der Waals surface area contributed by atoms with Crippen molar-refractivity contribution in [3.05, 3.63) is 28.8 Å². The zero-order chi connectivity index (χ0) is 25.2. The molecule has 2 unspecified atom stereocenters. The molecule has 0 heterocycles. The SMILES string of the molecule is CC(C)(C)CNCc1ccc(O)c2c1C[C@H]1C[C@H]3CC(=O)C(C(N)=O)C(=O)[C@@]3(O)C(=O)C1C2=O. The summed E-state index contributed by atoms with van der Waals surface area (Å²) in [6, 6.07) is 3.15. The van der Waals surface area contributed by atoms with Crippen LogP contribution >= 0.6 is 0 Å². The van der Waals surface area contributed by atoms with Gasteiger partial charge in [-0.15, -0.1) is 0 Å². The quantitative estimate of drug-likeness (QED) is 0.461. The van der Waals surface area contributed by atoms with Crippen LogP contribution in [0.1, 0.15) is 55.1 Å². The molecule has 1 aromatic rings. The number of phenolic OH excluding ortho intramolecular Hbond substituents is 1. The van der Waals surface area contributed by atoms with Crippen molar-refractivity contribution in [2.24, 2.45) is 34.8 Å². The molecule has 34 heavy (non-hydrogen) atoms. The molecule has 182 valence electrons. The Morgan fingerprint density at radius 3 is 2.44 bits per heavy atom. The summed E-state index contributed by atoms with van der Waals surface area (Å²) in [5.74, 6) is -9.91. The number of phenols is 1. The molecule has 5 atom stereocenters. The van der Waals surface area contributed by atoms with Crippen LogP contribution in [0.3, 0.4) is 0 Å². The van der Waals surface area contributed by atoms with E-state index in [2.05, 4.69) is 26.1 Å². The van der Waals surface area contributed by atoms with Gasteiger partial charge in [0.1, 0.15) is 5.75 Å². The van der Waals surface area contributed by atoms with Gasteiger partial charge in [0.05, 0.1) is 11.5 Å². The minimum atomic E-state index is -2.62. The lowest BCUT2D eigenvalue weighted by atomic mass is 9.53. The summed E-state index contributed by atoms with van der Waals surface area (Å²) in [6.45, 7) is 7.45. The molecule has 3 aliphatic rings. The van der Waals surface area contributed by atoms with Gasteiger partial charge in [0.2, 0.25) is 5.91 Å². The Morgan fingerprint density at radius 1 is 1.15 bits per heavy atom. The second-order valence-electron chi connectivity index (χ2n) is 11.0. The predicted octanol–water partition coefficient (Wildman–Crippen LogP) is 0.463. The lowest BCUT2D eigenvalue weighted by Gasteiger charge is -2.48. The Kier molecular flexibility index (Phi) is 5.77. The molecular weight excluding hydrogens is 440 g/mol. The van der Waals surface area contributed by atoms with Crippen LogP contribution in [-0.4, -0.2) is 51.4 Å². The highest BCUT2D eigenvalue weighted by Crippen LogP contribution is 2.50. The van der Waals surface area contributed by atoms with Crippen molar-refractivity contribution in [2.75, 3.05) is 6.54 Å². The number of aliphatic hydroxyl groups is 1. The Hall–Kier alpha value is -2.91. The van der Waals surface area contributed by atoms with Gasteiger partial charge in [-0.2, -0.15) is 0 Å². The number of hydrogen-bond donors (Lipinski definition) is 4. The van der Waals surface area contributed by atoms with Gasteiger partial charge in [-0.1, -0.05) is 26.8 Å². The number of nitrogens with two attached hydrogens (primary N) is 1. The molecule has 0 bridgehead atoms. The smallest absolute Gasteiger partial charge is 0.235 e. The van der Waals surface area contributed by atoms with Crippen molar-refractivity contribution in [3.8, 4) is 5.75 Å². The van der Waals surface area contributed by atoms with E-state index in [-0.39, 0.29) is 36.0 Å². The number of fused-ring (bicyclic) bond motifs is 3. The zero-order valence-corrected chi connectivity index (χ0v) is 19.5. The van der Waals surface area contributed by atoms with Gasteiger partial charge in [0, 0.05) is 25.4 Å². The fourth-order valence-electron chi connectivity index (χ4n) is 5.77. The van der Waals surface area contributed by atoms with E-state index < -0.39 is 58.3 Å². The number of primary amides is 1. The molecular formula is C25H30N2O7. The summed E-state index contributed by atoms with van der Waals surface area (Å²) in [7, 11) is 0. The molecule has 9 nitrogen and oxygen atoms in total. The fourth-order valence-corrected chi connectivity index (χ4v) is 5.77. The summed E-state index contributed by atoms with van der Waals surface area (Å²) >= 11 is 0. The molecule has 0 saturated heterocycles. The van der Waals surface area contributed by atoms with E-state index in [0.717, 1.165) is 12.1 Å². The van der Waals surface area contributed by atoms with Gasteiger partial charge in [-0.25, -0.2) is 0 Å². The van der Waals surface area contributed by atoms with E-state index in [4.69, 9.17) is 5.73 Å². The Balaban J connectivity index is 1.71. The highest BCUT2D eigenvalue weighted by atomic mass is 16.3. The molecule has 1 aromatic carbocycles. The number of benzene rings is 1. The molecule has 2 saturated carbocycles. The molecule has 3 aliphatic carbocycles. The van der Waals surface area contributed by atoms with E-state index >= 15 is 0 Å². The second-order valence-corrected chi connectivity index (χ2v) is 11.0. The first-order chi connectivity index (χ1) is 15.8. The molecule has 4 rings (SSSR count). The monoisotopic (exact) mass is 470 g/mol. The van der Waals surface area contributed by atoms with Crippen molar-refractivity contribution in [3.63, 3.8) is 0 Å². The Morgan fingerprint density at radius 2 is 1.82 bits per heavy atom. The summed E-state index contributed by atoms with van der Waals surface area (Å²) in [5, 5.41) is 25.0. The van der Waals surface area contributed by atoms with E-state index in [1.807, 2.05) is 0 Å². The maximum Gasteiger partial charge on any atom is 0.235 e. The van der Waals surface area contributed by atoms with Gasteiger partial charge in [0.15, 0.2) is 34.7 Å². The third-order valence-corrected chi connectivity index (χ3v) is 7.35. The number of aromatic hydroxyl groups is 1. The highest BCUT2D eigenvalue weighted by molar-refractivity contribution is 6.31. The molecule has 9 heteroatoms. The topological polar surface area (TPSA) is 164 Å². The van der Waals surface area contributed by atoms with Crippen LogP contribution in [0.25, 0.3) is 0 Å². The summed E-state index contributed by atoms with van der Waals surface area (Å²) in [5.41, 5.74) is 4.09. The third-order valence-electron chi connectivity index (χ3n) is 7.35. The number of rotatable bonds is 4. The highest BCUT2D eigenvalue weighted by Gasteiger charge is 2.66. The van der Waals surface area contributed by atoms with Crippen molar-refractivity contribution >= 4 is 29.0 Å². The third kappa shape index (κ3) is 3.67. The van der Waals surface area contributed by atoms with Crippen LogP contribution in [0.4, 0.5) is 0 Å². The largest absolute Gasteiger partial charge is 0.507 e. The molecule has 0 aliphatic heterocycles. The van der Waals surface area contributed by atoms with Gasteiger partial charge in [-0.05, 0) is 41.4 Å². The van der Waals surface area contributed by atoms with Crippen molar-refractivity contribution < 1.29 is 34.2 Å². The average Bonchev–Trinajstić information content (AvgIpc) is 2.71. The molecule has 5 N–H and O–H groups in total. The van der Waals surface area contributed by atoms with E-state index in [1.54, 1.807) is 6.07 Å². The van der Waals surface area contributed by atoms with Crippen LogP contribution in [0.15, 0.2) is 12.1 Å². The Bertz CT molecular complexity index is 1120. The minimum Gasteiger partial charge on any atom is -0.507 e. The van der Waals surface area contributed by atoms with E-state index in [1.165, 1.54) is 6.07 Å². The minimum absolute atomic E-state index is 0.0255. The maximum atomic E-state index is 13.5. The van der Waals surface area contributed by atoms with Gasteiger partial charge in [-0.3, -0.25) is 24.0 Å². The number of carbonyl (C=O) groups is 5. The molecule has 0 spiro atoms. The van der Waals surface area contributed by atoms with Crippen molar-refractivity contribution in [2.45, 2.75) is 52.2 Å². The number of carbonyl (C=O) groups excluding carboxylic acids is 5. The van der Waals surface area contributed by atoms with E-state index in [0.29, 0.717) is 12.1 Å². The van der Waals surface area contributed by atoms with Crippen LogP contribution < -0.4 is 11.1 Å². The number of hydrogen-bond acceptors (Lipinski definition) is 8. The number of Topliss-reactive ketones (excluding diaryl/α,β-unsaturated/α-hetero) is 4. The van der Waals surface area contributed by atoms with Crippen molar-refractivity contribution in [1.82, 2.24) is 5.32 Å². The summed E-state index contributed by atoms with van der Waals surface area (Å²) in [4.78, 5) is 64.0. The summed E-state index contributed by atoms with van der Waals surface area (Å²) < 4.78 is 0. The van der Waals surface area contributed by atoms with Crippen LogP contribution in [-0.2, 0) is 32.1 Å². The lowest BCUT2D eigenvalue weighted by molar-refractivity contribution is -0.175. The first-order valence-corrected chi connectivity index (χ1v) is 11.5. The van der Waals surface area contributed by atoms with Gasteiger partial charge < -0.3 is 21.3 Å². The molecule has 0 radical (unpaired) electrons. The first kappa shape index (κ1) is 24.2. The van der Waals surface area contributed by atoms with E-state index in [9.17, 15) is 34.2 Å². The standard InChI is InChI=1S/C25H30N2O7/c1-24(2,3)10-27-9-11-4-5-15(28)18-14(11)7-12-6-13-8-16(29)19(23(26)33)22(32)25(13,34)21(31)17(12)20(18)30/h4-5,12-13,17,19,27-28,34H,6-10H2,1-3H3,(H2,26,33)/t12-,13+,17?,19?,25+/m1/s1. The molecule has 2 fully saturated rings. The number of amides is 1. The Labute approximate surface area is 197 Å². The van der Waals surface area contributed by atoms with Gasteiger partial charge in [0.25, 0.3) is 0 Å². The van der Waals surface area contributed by atoms with Crippen LogP contribution in [0.5, 0.6) is 5.75 Å². The molecule has 0 aromatic heterocycles. The predicted molar refractivity (Wildman–Crippen MR) is 120 cm³/mol. The zero-order valence-electron chi connectivity index (χ0n) is 19.5. The number of ketones is 4. The normalized spacial score (nSPS) is 31.1. The van der Waals surface area contributed by atoms with Gasteiger partial charge >= 0.3 is 0 Å². The second kappa shape index (κ2) is 8.09. The molecule has 1 amide bonds. The van der Waals surface area contributed by atoms with Crippen LogP contribution in [0, 0.1) is 29.1 Å². The fraction of sp³-hybridized carbons (Fsp3) is 0.560. The maximum absolute atomic E-state index is 13.5. The average molecular weight is 471 g/mol.